The summed E-state index contributed by atoms with van der Waals surface area (Å²) in [7, 11) is 0. The minimum absolute atomic E-state index is 0. The van der Waals surface area contributed by atoms with Gasteiger partial charge in [0.1, 0.15) is 11.6 Å². The Hall–Kier alpha value is -6.35. The molecule has 0 amide bonds. The van der Waals surface area contributed by atoms with Crippen LogP contribution in [0.25, 0.3) is 83.9 Å². The second-order valence-electron chi connectivity index (χ2n) is 22.0. The summed E-state index contributed by atoms with van der Waals surface area (Å²) >= 11 is 0. The van der Waals surface area contributed by atoms with Crippen molar-refractivity contribution >= 4 is 11.0 Å². The van der Waals surface area contributed by atoms with Crippen molar-refractivity contribution in [3.05, 3.63) is 192 Å². The van der Waals surface area contributed by atoms with Crippen LogP contribution in [0.5, 0.6) is 5.75 Å². The quantitative estimate of drug-likeness (QED) is 0.169. The van der Waals surface area contributed by atoms with Gasteiger partial charge in [0.25, 0.3) is 0 Å². The van der Waals surface area contributed by atoms with E-state index in [0.717, 1.165) is 78.0 Å². The van der Waals surface area contributed by atoms with Gasteiger partial charge in [-0.05, 0) is 91.1 Å². The van der Waals surface area contributed by atoms with E-state index in [1.54, 1.807) is 0 Å². The number of benzene rings is 7. The topological polar surface area (TPSA) is 50.9 Å². The predicted octanol–water partition coefficient (Wildman–Crippen LogP) is 16.5. The fourth-order valence-electron chi connectivity index (χ4n) is 10.1. The van der Waals surface area contributed by atoms with Gasteiger partial charge in [-0.1, -0.05) is 202 Å². The van der Waals surface area contributed by atoms with Gasteiger partial charge in [0.2, 0.25) is 0 Å². The van der Waals surface area contributed by atoms with Crippen LogP contribution in [0.3, 0.4) is 0 Å². The number of pyridine rings is 1. The molecule has 0 radical (unpaired) electrons. The number of rotatable bonds is 6. The number of aromatic nitrogens is 3. The number of fused-ring (bicyclic) bond motifs is 4. The van der Waals surface area contributed by atoms with Crippen molar-refractivity contribution in [1.29, 1.82) is 0 Å². The number of imidazole rings is 1. The molecule has 2 heterocycles. The van der Waals surface area contributed by atoms with Crippen LogP contribution in [0.2, 0.25) is 0 Å². The first-order valence-electron chi connectivity index (χ1n) is 23.6. The maximum Gasteiger partial charge on any atom is 0.148 e. The molecule has 68 heavy (non-hydrogen) atoms. The second-order valence-corrected chi connectivity index (χ2v) is 22.0. The molecule has 2 aromatic heterocycles. The first-order valence-corrected chi connectivity index (χ1v) is 23.6. The molecule has 10 rings (SSSR count). The summed E-state index contributed by atoms with van der Waals surface area (Å²) in [6.07, 6.45) is 1.96. The molecular weight excluding hydrogens is 1010 g/mol. The zero-order chi connectivity index (χ0) is 47.2. The van der Waals surface area contributed by atoms with E-state index in [-0.39, 0.29) is 48.5 Å². The van der Waals surface area contributed by atoms with Crippen molar-refractivity contribution in [3.63, 3.8) is 0 Å². The van der Waals surface area contributed by atoms with Gasteiger partial charge in [-0.15, -0.1) is 23.8 Å². The first kappa shape index (κ1) is 46.7. The summed E-state index contributed by atoms with van der Waals surface area (Å²) in [4.78, 5) is 10.9. The third kappa shape index (κ3) is 8.05. The minimum Gasteiger partial charge on any atom is -0.507 e. The third-order valence-corrected chi connectivity index (χ3v) is 13.9. The standard InChI is InChI=1S/C63H60N3O.Pt/c1-60(2,3)44-29-30-53(48(36-44)40-23-16-13-17-24-40)66-54-28-20-26-46(57(54)65-59(66)49-37-45(61(4,5)6)38-52(58(49)67)62(7,8)9)42-33-41(39-21-14-12-15-22-39)34-43(35-42)56-55-47-25-18-19-27-50(47)63(10,11)51(55)31-32-64-56;/h12-34,36-38,67H,1-11H3;/q-1;. The van der Waals surface area contributed by atoms with Gasteiger partial charge in [0.05, 0.1) is 22.3 Å². The average Bonchev–Trinajstić information content (AvgIpc) is 3.80. The van der Waals surface area contributed by atoms with Crippen LogP contribution in [0.15, 0.2) is 158 Å². The molecule has 0 fully saturated rings. The van der Waals surface area contributed by atoms with Crippen LogP contribution in [0, 0.1) is 6.07 Å². The Bertz CT molecular complexity index is 3380. The van der Waals surface area contributed by atoms with Crippen molar-refractivity contribution < 1.29 is 26.2 Å². The van der Waals surface area contributed by atoms with Crippen LogP contribution in [0.4, 0.5) is 0 Å². The number of phenolic OH excluding ortho intramolecular Hbond substituents is 1. The van der Waals surface area contributed by atoms with Gasteiger partial charge in [0, 0.05) is 49.5 Å². The average molecular weight is 1070 g/mol. The summed E-state index contributed by atoms with van der Waals surface area (Å²) < 4.78 is 2.29. The normalized spacial score (nSPS) is 13.3. The van der Waals surface area contributed by atoms with Gasteiger partial charge in [-0.25, -0.2) is 4.98 Å². The molecule has 0 saturated heterocycles. The molecule has 9 aromatic rings. The van der Waals surface area contributed by atoms with Gasteiger partial charge >= 0.3 is 0 Å². The Labute approximate surface area is 417 Å². The SMILES string of the molecule is CC(C)(C)c1ccc(-n2c(-c3cc(C(C)(C)C)cc(C(C)(C)C)c3O)nc3c(-c4[c-]c(-c5nccc6c5-c5ccccc5C6(C)C)cc(-c5ccccc5)c4)cccc32)c(-c2ccccc2)c1.[Pt]. The van der Waals surface area contributed by atoms with E-state index < -0.39 is 0 Å². The second kappa shape index (κ2) is 17.0. The molecule has 5 heteroatoms. The van der Waals surface area contributed by atoms with Gasteiger partial charge in [0.15, 0.2) is 0 Å². The van der Waals surface area contributed by atoms with Gasteiger partial charge in [-0.3, -0.25) is 9.55 Å². The van der Waals surface area contributed by atoms with E-state index in [4.69, 9.17) is 9.97 Å². The first-order chi connectivity index (χ1) is 31.8. The number of hydrogen-bond donors (Lipinski definition) is 1. The Morgan fingerprint density at radius 1 is 0.529 bits per heavy atom. The molecule has 344 valence electrons. The van der Waals surface area contributed by atoms with Gasteiger partial charge in [-0.2, -0.15) is 0 Å². The molecular formula is C63H60N3OPt-. The van der Waals surface area contributed by atoms with Crippen molar-refractivity contribution in [3.8, 4) is 78.6 Å². The van der Waals surface area contributed by atoms with E-state index in [1.165, 1.54) is 22.3 Å². The maximum absolute atomic E-state index is 12.6. The summed E-state index contributed by atoms with van der Waals surface area (Å²) in [6, 6.07) is 58.3. The minimum atomic E-state index is -0.337. The number of hydrogen-bond acceptors (Lipinski definition) is 3. The maximum atomic E-state index is 12.6. The van der Waals surface area contributed by atoms with Crippen LogP contribution in [0.1, 0.15) is 104 Å². The Morgan fingerprint density at radius 2 is 1.15 bits per heavy atom. The van der Waals surface area contributed by atoms with Crippen LogP contribution < -0.4 is 0 Å². The molecule has 0 atom stereocenters. The molecule has 1 aliphatic carbocycles. The summed E-state index contributed by atoms with van der Waals surface area (Å²) in [5, 5.41) is 12.6. The fourth-order valence-corrected chi connectivity index (χ4v) is 10.1. The molecule has 1 aliphatic rings. The van der Waals surface area contributed by atoms with Crippen molar-refractivity contribution in [2.24, 2.45) is 0 Å². The summed E-state index contributed by atoms with van der Waals surface area (Å²) in [6.45, 7) is 24.6. The van der Waals surface area contributed by atoms with Crippen molar-refractivity contribution in [2.75, 3.05) is 0 Å². The Kier molecular flexibility index (Phi) is 11.7. The molecule has 1 N–H and O–H groups in total. The molecule has 0 bridgehead atoms. The molecule has 0 aliphatic heterocycles. The predicted molar refractivity (Wildman–Crippen MR) is 280 cm³/mol. The van der Waals surface area contributed by atoms with Crippen LogP contribution >= 0.6 is 0 Å². The monoisotopic (exact) mass is 1070 g/mol. The number of phenols is 1. The number of aromatic hydroxyl groups is 1. The van der Waals surface area contributed by atoms with Crippen molar-refractivity contribution in [2.45, 2.75) is 97.8 Å². The summed E-state index contributed by atoms with van der Waals surface area (Å²) in [5.41, 5.74) is 18.9. The van der Waals surface area contributed by atoms with Crippen LogP contribution in [-0.4, -0.2) is 19.6 Å². The fraction of sp³-hybridized carbons (Fsp3) is 0.238. The van der Waals surface area contributed by atoms with E-state index >= 15 is 0 Å². The van der Waals surface area contributed by atoms with Crippen molar-refractivity contribution in [1.82, 2.24) is 14.5 Å². The molecule has 0 saturated carbocycles. The zero-order valence-electron chi connectivity index (χ0n) is 41.1. The van der Waals surface area contributed by atoms with E-state index in [1.807, 2.05) is 6.20 Å². The Balaban J connectivity index is 0.00000578. The zero-order valence-corrected chi connectivity index (χ0v) is 43.4. The largest absolute Gasteiger partial charge is 0.507 e. The Morgan fingerprint density at radius 3 is 1.82 bits per heavy atom. The summed E-state index contributed by atoms with van der Waals surface area (Å²) in [5.74, 6) is 0.927. The van der Waals surface area contributed by atoms with E-state index in [9.17, 15) is 5.11 Å². The smallest absolute Gasteiger partial charge is 0.148 e. The molecule has 0 spiro atoms. The van der Waals surface area contributed by atoms with Crippen LogP contribution in [-0.2, 0) is 42.7 Å². The molecule has 4 nitrogen and oxygen atoms in total. The van der Waals surface area contributed by atoms with E-state index in [0.29, 0.717) is 11.4 Å². The molecule has 7 aromatic carbocycles. The van der Waals surface area contributed by atoms with E-state index in [2.05, 4.69) is 238 Å². The van der Waals surface area contributed by atoms with Gasteiger partial charge < -0.3 is 5.11 Å². The number of nitrogens with zero attached hydrogens (tertiary/aromatic N) is 3. The third-order valence-electron chi connectivity index (χ3n) is 13.9. The number of para-hydroxylation sites is 1. The molecule has 0 unspecified atom stereocenters.